The van der Waals surface area contributed by atoms with Gasteiger partial charge < -0.3 is 30.5 Å². The van der Waals surface area contributed by atoms with Gasteiger partial charge in [0.25, 0.3) is 5.91 Å². The van der Waals surface area contributed by atoms with Crippen molar-refractivity contribution >= 4 is 11.8 Å². The van der Waals surface area contributed by atoms with E-state index in [-0.39, 0.29) is 19.0 Å². The first kappa shape index (κ1) is 19.0. The summed E-state index contributed by atoms with van der Waals surface area (Å²) in [6.45, 7) is 0.745. The van der Waals surface area contributed by atoms with Gasteiger partial charge in [0.05, 0.1) is 20.8 Å². The standard InChI is InChI=1S/C17H25N3O5/c1-24-13-6-3-5-12(15(13)25-2)10-20-8-4-7-17(23,16(20)22)11-19-9-14(18)21/h3,5-6,19,23H,4,7-11H2,1-2H3,(H2,18,21). The molecular formula is C17H25N3O5. The molecule has 0 aromatic heterocycles. The smallest absolute Gasteiger partial charge is 0.256 e. The van der Waals surface area contributed by atoms with Crippen LogP contribution in [0.4, 0.5) is 0 Å². The number of nitrogens with two attached hydrogens (primary N) is 1. The van der Waals surface area contributed by atoms with E-state index in [1.54, 1.807) is 25.2 Å². The first-order valence-corrected chi connectivity index (χ1v) is 8.12. The zero-order valence-corrected chi connectivity index (χ0v) is 14.6. The highest BCUT2D eigenvalue weighted by molar-refractivity contribution is 5.86. The monoisotopic (exact) mass is 351 g/mol. The van der Waals surface area contributed by atoms with E-state index >= 15 is 0 Å². The van der Waals surface area contributed by atoms with Crippen molar-refractivity contribution in [2.24, 2.45) is 5.73 Å². The summed E-state index contributed by atoms with van der Waals surface area (Å²) < 4.78 is 10.7. The zero-order valence-electron chi connectivity index (χ0n) is 14.6. The number of hydrogen-bond donors (Lipinski definition) is 3. The Morgan fingerprint density at radius 2 is 2.16 bits per heavy atom. The van der Waals surface area contributed by atoms with Crippen molar-refractivity contribution in [3.05, 3.63) is 23.8 Å². The van der Waals surface area contributed by atoms with E-state index in [1.165, 1.54) is 0 Å². The number of nitrogens with zero attached hydrogens (tertiary/aromatic N) is 1. The molecule has 1 fully saturated rings. The number of hydrogen-bond acceptors (Lipinski definition) is 6. The van der Waals surface area contributed by atoms with Crippen molar-refractivity contribution < 1.29 is 24.2 Å². The predicted molar refractivity (Wildman–Crippen MR) is 91.2 cm³/mol. The van der Waals surface area contributed by atoms with E-state index in [1.807, 2.05) is 12.1 Å². The lowest BCUT2D eigenvalue weighted by Crippen LogP contribution is -2.58. The van der Waals surface area contributed by atoms with Crippen LogP contribution < -0.4 is 20.5 Å². The Hall–Kier alpha value is -2.32. The van der Waals surface area contributed by atoms with Crippen molar-refractivity contribution in [1.82, 2.24) is 10.2 Å². The lowest BCUT2D eigenvalue weighted by molar-refractivity contribution is -0.157. The molecule has 1 aromatic rings. The molecule has 0 spiro atoms. The van der Waals surface area contributed by atoms with Crippen LogP contribution >= 0.6 is 0 Å². The van der Waals surface area contributed by atoms with Gasteiger partial charge >= 0.3 is 0 Å². The molecule has 0 radical (unpaired) electrons. The molecule has 1 heterocycles. The normalized spacial score (nSPS) is 20.4. The van der Waals surface area contributed by atoms with Gasteiger partial charge in [-0.2, -0.15) is 0 Å². The minimum atomic E-state index is -1.54. The minimum absolute atomic E-state index is 0.0134. The third-order valence-corrected chi connectivity index (χ3v) is 4.27. The number of piperidine rings is 1. The van der Waals surface area contributed by atoms with Crippen molar-refractivity contribution in [2.75, 3.05) is 33.9 Å². The van der Waals surface area contributed by atoms with Gasteiger partial charge in [-0.05, 0) is 18.9 Å². The van der Waals surface area contributed by atoms with Gasteiger partial charge in [0, 0.05) is 25.2 Å². The fourth-order valence-corrected chi connectivity index (χ4v) is 3.06. The summed E-state index contributed by atoms with van der Waals surface area (Å²) >= 11 is 0. The fourth-order valence-electron chi connectivity index (χ4n) is 3.06. The third kappa shape index (κ3) is 4.40. The maximum atomic E-state index is 12.7. The molecule has 1 aromatic carbocycles. The minimum Gasteiger partial charge on any atom is -0.493 e. The van der Waals surface area contributed by atoms with E-state index in [9.17, 15) is 14.7 Å². The number of nitrogens with one attached hydrogen (secondary N) is 1. The first-order valence-electron chi connectivity index (χ1n) is 8.12. The fraction of sp³-hybridized carbons (Fsp3) is 0.529. The van der Waals surface area contributed by atoms with Crippen molar-refractivity contribution in [1.29, 1.82) is 0 Å². The maximum Gasteiger partial charge on any atom is 0.256 e. The molecule has 138 valence electrons. The molecule has 25 heavy (non-hydrogen) atoms. The molecule has 2 rings (SSSR count). The molecule has 0 aliphatic carbocycles. The van der Waals surface area contributed by atoms with Gasteiger partial charge in [-0.25, -0.2) is 0 Å². The van der Waals surface area contributed by atoms with Gasteiger partial charge in [0.15, 0.2) is 17.1 Å². The Kier molecular flexibility index (Phi) is 6.22. The van der Waals surface area contributed by atoms with Crippen LogP contribution in [0.2, 0.25) is 0 Å². The lowest BCUT2D eigenvalue weighted by Gasteiger charge is -2.38. The number of primary amides is 1. The van der Waals surface area contributed by atoms with Crippen molar-refractivity contribution in [3.63, 3.8) is 0 Å². The largest absolute Gasteiger partial charge is 0.493 e. The Balaban J connectivity index is 2.12. The highest BCUT2D eigenvalue weighted by atomic mass is 16.5. The maximum absolute atomic E-state index is 12.7. The Morgan fingerprint density at radius 3 is 2.80 bits per heavy atom. The van der Waals surface area contributed by atoms with E-state index < -0.39 is 11.5 Å². The third-order valence-electron chi connectivity index (χ3n) is 4.27. The van der Waals surface area contributed by atoms with Crippen molar-refractivity contribution in [2.45, 2.75) is 25.0 Å². The van der Waals surface area contributed by atoms with Crippen LogP contribution in [0, 0.1) is 0 Å². The number of carbonyl (C=O) groups is 2. The molecule has 1 aliphatic rings. The Bertz CT molecular complexity index is 637. The van der Waals surface area contributed by atoms with Gasteiger partial charge in [-0.3, -0.25) is 9.59 Å². The zero-order chi connectivity index (χ0) is 18.4. The number of amides is 2. The summed E-state index contributed by atoms with van der Waals surface area (Å²) in [5.41, 5.74) is 4.32. The molecule has 1 saturated heterocycles. The average molecular weight is 351 g/mol. The van der Waals surface area contributed by atoms with Crippen LogP contribution in [0.15, 0.2) is 18.2 Å². The van der Waals surface area contributed by atoms with Crippen LogP contribution in [-0.4, -0.2) is 61.3 Å². The second kappa shape index (κ2) is 8.17. The summed E-state index contributed by atoms with van der Waals surface area (Å²) in [6, 6.07) is 5.46. The number of likely N-dealkylation sites (tertiary alicyclic amines) is 1. The summed E-state index contributed by atoms with van der Waals surface area (Å²) in [6.07, 6.45) is 0.996. The van der Waals surface area contributed by atoms with Crippen LogP contribution in [-0.2, 0) is 16.1 Å². The highest BCUT2D eigenvalue weighted by Gasteiger charge is 2.42. The molecule has 8 heteroatoms. The number of ether oxygens (including phenoxy) is 2. The molecule has 2 amide bonds. The van der Waals surface area contributed by atoms with Gasteiger partial charge in [0.1, 0.15) is 0 Å². The van der Waals surface area contributed by atoms with Crippen LogP contribution in [0.25, 0.3) is 0 Å². The van der Waals surface area contributed by atoms with E-state index in [0.29, 0.717) is 37.4 Å². The summed E-state index contributed by atoms with van der Waals surface area (Å²) in [5.74, 6) is 0.243. The predicted octanol–water partition coefficient (Wildman–Crippen LogP) is -0.368. The number of benzene rings is 1. The Labute approximate surface area is 146 Å². The highest BCUT2D eigenvalue weighted by Crippen LogP contribution is 2.33. The molecule has 8 nitrogen and oxygen atoms in total. The van der Waals surface area contributed by atoms with Crippen LogP contribution in [0.5, 0.6) is 11.5 Å². The van der Waals surface area contributed by atoms with E-state index in [4.69, 9.17) is 15.2 Å². The lowest BCUT2D eigenvalue weighted by atomic mass is 9.91. The SMILES string of the molecule is COc1cccc(CN2CCCC(O)(CNCC(N)=O)C2=O)c1OC. The molecule has 1 unspecified atom stereocenters. The van der Waals surface area contributed by atoms with Gasteiger partial charge in [-0.15, -0.1) is 0 Å². The summed E-state index contributed by atoms with van der Waals surface area (Å²) in [5, 5.41) is 13.4. The second-order valence-electron chi connectivity index (χ2n) is 6.08. The molecule has 4 N–H and O–H groups in total. The average Bonchev–Trinajstić information content (AvgIpc) is 2.58. The van der Waals surface area contributed by atoms with Crippen molar-refractivity contribution in [3.8, 4) is 11.5 Å². The number of rotatable bonds is 8. The topological polar surface area (TPSA) is 114 Å². The number of methoxy groups -OCH3 is 2. The quantitative estimate of drug-likeness (QED) is 0.589. The summed E-state index contributed by atoms with van der Waals surface area (Å²) in [4.78, 5) is 25.1. The van der Waals surface area contributed by atoms with E-state index in [0.717, 1.165) is 5.56 Å². The Morgan fingerprint density at radius 1 is 1.40 bits per heavy atom. The molecule has 0 saturated carbocycles. The molecule has 0 bridgehead atoms. The number of para-hydroxylation sites is 1. The van der Waals surface area contributed by atoms with Crippen LogP contribution in [0.3, 0.4) is 0 Å². The van der Waals surface area contributed by atoms with Crippen LogP contribution in [0.1, 0.15) is 18.4 Å². The number of aliphatic hydroxyl groups is 1. The molecule has 1 atom stereocenters. The van der Waals surface area contributed by atoms with E-state index in [2.05, 4.69) is 5.32 Å². The van der Waals surface area contributed by atoms with Gasteiger partial charge in [0.2, 0.25) is 5.91 Å². The number of carbonyl (C=O) groups excluding carboxylic acids is 2. The molecule has 1 aliphatic heterocycles. The second-order valence-corrected chi connectivity index (χ2v) is 6.08. The first-order chi connectivity index (χ1) is 11.9. The molecular weight excluding hydrogens is 326 g/mol. The summed E-state index contributed by atoms with van der Waals surface area (Å²) in [7, 11) is 3.10. The van der Waals surface area contributed by atoms with Gasteiger partial charge in [-0.1, -0.05) is 12.1 Å².